The van der Waals surface area contributed by atoms with Crippen molar-refractivity contribution in [2.45, 2.75) is 12.8 Å². The molecule has 0 bridgehead atoms. The highest BCUT2D eigenvalue weighted by Crippen LogP contribution is 2.26. The number of para-hydroxylation sites is 2. The highest BCUT2D eigenvalue weighted by Gasteiger charge is 2.23. The molecule has 0 radical (unpaired) electrons. The molecular weight excluding hydrogens is 294 g/mol. The molecule has 1 amide bonds. The van der Waals surface area contributed by atoms with Crippen LogP contribution in [0.2, 0.25) is 0 Å². The van der Waals surface area contributed by atoms with Crippen LogP contribution in [0.25, 0.3) is 0 Å². The van der Waals surface area contributed by atoms with E-state index in [1.807, 2.05) is 24.3 Å². The van der Waals surface area contributed by atoms with Gasteiger partial charge in [-0.15, -0.1) is 0 Å². The van der Waals surface area contributed by atoms with Crippen molar-refractivity contribution < 1.29 is 19.4 Å². The molecule has 118 valence electrons. The molecule has 0 saturated carbocycles. The van der Waals surface area contributed by atoms with Crippen molar-refractivity contribution in [3.63, 3.8) is 0 Å². The van der Waals surface area contributed by atoms with Gasteiger partial charge in [0.25, 0.3) is 5.91 Å². The lowest BCUT2D eigenvalue weighted by Crippen LogP contribution is -2.38. The van der Waals surface area contributed by atoms with Crippen molar-refractivity contribution in [3.8, 4) is 5.75 Å². The van der Waals surface area contributed by atoms with Gasteiger partial charge in [-0.25, -0.2) is 4.79 Å². The zero-order chi connectivity index (χ0) is 16.2. The van der Waals surface area contributed by atoms with Crippen LogP contribution in [0.1, 0.15) is 22.3 Å². The number of aromatic hydroxyl groups is 1. The van der Waals surface area contributed by atoms with Gasteiger partial charge in [-0.1, -0.05) is 30.3 Å². The maximum atomic E-state index is 12.4. The maximum Gasteiger partial charge on any atom is 0.342 e. The molecule has 1 aliphatic rings. The zero-order valence-electron chi connectivity index (χ0n) is 12.6. The number of phenols is 1. The van der Waals surface area contributed by atoms with Crippen molar-refractivity contribution in [2.24, 2.45) is 0 Å². The van der Waals surface area contributed by atoms with E-state index in [-0.39, 0.29) is 23.8 Å². The van der Waals surface area contributed by atoms with Crippen LogP contribution in [-0.2, 0) is 16.0 Å². The van der Waals surface area contributed by atoms with Crippen LogP contribution in [0, 0.1) is 0 Å². The number of hydrogen-bond acceptors (Lipinski definition) is 4. The monoisotopic (exact) mass is 311 g/mol. The Morgan fingerprint density at radius 3 is 2.65 bits per heavy atom. The van der Waals surface area contributed by atoms with Crippen molar-refractivity contribution in [1.29, 1.82) is 0 Å². The molecule has 0 atom stereocenters. The first-order valence-corrected chi connectivity index (χ1v) is 7.50. The van der Waals surface area contributed by atoms with Crippen LogP contribution in [0.15, 0.2) is 48.5 Å². The lowest BCUT2D eigenvalue weighted by atomic mass is 10.0. The Balaban J connectivity index is 1.67. The smallest absolute Gasteiger partial charge is 0.342 e. The van der Waals surface area contributed by atoms with Crippen LogP contribution in [-0.4, -0.2) is 30.1 Å². The van der Waals surface area contributed by atoms with Gasteiger partial charge in [-0.3, -0.25) is 4.79 Å². The van der Waals surface area contributed by atoms with Crippen molar-refractivity contribution >= 4 is 17.6 Å². The summed E-state index contributed by atoms with van der Waals surface area (Å²) in [5.74, 6) is -1.13. The number of aryl methyl sites for hydroxylation is 1. The Morgan fingerprint density at radius 1 is 1.09 bits per heavy atom. The Morgan fingerprint density at radius 2 is 1.83 bits per heavy atom. The van der Waals surface area contributed by atoms with E-state index in [0.717, 1.165) is 24.1 Å². The molecule has 0 aliphatic carbocycles. The fourth-order valence-electron chi connectivity index (χ4n) is 2.72. The molecule has 0 aromatic heterocycles. The van der Waals surface area contributed by atoms with Gasteiger partial charge < -0.3 is 14.7 Å². The van der Waals surface area contributed by atoms with Gasteiger partial charge in [0.2, 0.25) is 0 Å². The average Bonchev–Trinajstić information content (AvgIpc) is 2.59. The predicted octanol–water partition coefficient (Wildman–Crippen LogP) is 2.53. The van der Waals surface area contributed by atoms with Crippen molar-refractivity contribution in [2.75, 3.05) is 18.1 Å². The maximum absolute atomic E-state index is 12.4. The number of anilines is 1. The van der Waals surface area contributed by atoms with E-state index in [0.29, 0.717) is 6.54 Å². The lowest BCUT2D eigenvalue weighted by molar-refractivity contribution is -0.121. The highest BCUT2D eigenvalue weighted by atomic mass is 16.5. The molecule has 0 saturated heterocycles. The van der Waals surface area contributed by atoms with Gasteiger partial charge >= 0.3 is 5.97 Å². The second kappa shape index (κ2) is 6.52. The summed E-state index contributed by atoms with van der Waals surface area (Å²) in [7, 11) is 0. The fraction of sp³-hybridized carbons (Fsp3) is 0.222. The topological polar surface area (TPSA) is 66.8 Å². The quantitative estimate of drug-likeness (QED) is 0.885. The van der Waals surface area contributed by atoms with Gasteiger partial charge in [-0.2, -0.15) is 0 Å². The summed E-state index contributed by atoms with van der Waals surface area (Å²) in [6, 6.07) is 13.8. The van der Waals surface area contributed by atoms with Crippen LogP contribution < -0.4 is 4.90 Å². The first-order chi connectivity index (χ1) is 11.2. The number of carbonyl (C=O) groups excluding carboxylic acids is 2. The Labute approximate surface area is 134 Å². The third-order valence-corrected chi connectivity index (χ3v) is 3.86. The highest BCUT2D eigenvalue weighted by molar-refractivity contribution is 5.98. The van der Waals surface area contributed by atoms with Gasteiger partial charge in [0.15, 0.2) is 6.61 Å². The normalized spacial score (nSPS) is 13.3. The molecule has 0 fully saturated rings. The minimum Gasteiger partial charge on any atom is -0.507 e. The number of phenolic OH excluding ortho intramolecular Hbond substituents is 1. The Kier molecular flexibility index (Phi) is 4.28. The summed E-state index contributed by atoms with van der Waals surface area (Å²) in [5.41, 5.74) is 2.06. The summed E-state index contributed by atoms with van der Waals surface area (Å²) in [6.07, 6.45) is 1.83. The van der Waals surface area contributed by atoms with E-state index in [1.54, 1.807) is 17.0 Å². The van der Waals surface area contributed by atoms with Crippen LogP contribution in [0.4, 0.5) is 5.69 Å². The second-order valence-corrected chi connectivity index (χ2v) is 5.37. The molecule has 23 heavy (non-hydrogen) atoms. The molecular formula is C18H17NO4. The van der Waals surface area contributed by atoms with E-state index in [4.69, 9.17) is 4.74 Å². The summed E-state index contributed by atoms with van der Waals surface area (Å²) in [4.78, 5) is 26.0. The molecule has 1 N–H and O–H groups in total. The van der Waals surface area contributed by atoms with Crippen molar-refractivity contribution in [3.05, 3.63) is 59.7 Å². The van der Waals surface area contributed by atoms with Crippen LogP contribution in [0.3, 0.4) is 0 Å². The van der Waals surface area contributed by atoms with Gasteiger partial charge in [0, 0.05) is 12.2 Å². The van der Waals surface area contributed by atoms with E-state index in [9.17, 15) is 14.7 Å². The Bertz CT molecular complexity index is 741. The number of hydrogen-bond donors (Lipinski definition) is 1. The first kappa shape index (κ1) is 15.1. The van der Waals surface area contributed by atoms with Crippen molar-refractivity contribution in [1.82, 2.24) is 0 Å². The van der Waals surface area contributed by atoms with E-state index >= 15 is 0 Å². The van der Waals surface area contributed by atoms with E-state index < -0.39 is 5.97 Å². The van der Waals surface area contributed by atoms with E-state index in [2.05, 4.69) is 0 Å². The van der Waals surface area contributed by atoms with Gasteiger partial charge in [0.1, 0.15) is 11.3 Å². The minimum absolute atomic E-state index is 0.0549. The first-order valence-electron chi connectivity index (χ1n) is 7.50. The summed E-state index contributed by atoms with van der Waals surface area (Å²) in [6.45, 7) is 0.269. The summed E-state index contributed by atoms with van der Waals surface area (Å²) >= 11 is 0. The summed E-state index contributed by atoms with van der Waals surface area (Å²) in [5, 5.41) is 9.63. The number of esters is 1. The predicted molar refractivity (Wildman–Crippen MR) is 85.5 cm³/mol. The molecule has 1 heterocycles. The third-order valence-electron chi connectivity index (χ3n) is 3.86. The largest absolute Gasteiger partial charge is 0.507 e. The van der Waals surface area contributed by atoms with Crippen LogP contribution in [0.5, 0.6) is 5.75 Å². The number of benzene rings is 2. The Hall–Kier alpha value is -2.82. The second-order valence-electron chi connectivity index (χ2n) is 5.37. The lowest BCUT2D eigenvalue weighted by Gasteiger charge is -2.29. The third kappa shape index (κ3) is 3.18. The van der Waals surface area contributed by atoms with E-state index in [1.165, 1.54) is 12.1 Å². The number of ether oxygens (including phenoxy) is 1. The average molecular weight is 311 g/mol. The number of rotatable bonds is 3. The molecule has 0 spiro atoms. The SMILES string of the molecule is O=C(OCC(=O)N1CCCc2ccccc21)c1ccccc1O. The molecule has 2 aromatic carbocycles. The van der Waals surface area contributed by atoms with Crippen LogP contribution >= 0.6 is 0 Å². The number of amides is 1. The van der Waals surface area contributed by atoms with Gasteiger partial charge in [-0.05, 0) is 36.6 Å². The summed E-state index contributed by atoms with van der Waals surface area (Å²) < 4.78 is 5.05. The number of nitrogens with zero attached hydrogens (tertiary/aromatic N) is 1. The number of carbonyl (C=O) groups is 2. The minimum atomic E-state index is -0.707. The number of fused-ring (bicyclic) bond motifs is 1. The fourth-order valence-corrected chi connectivity index (χ4v) is 2.72. The molecule has 0 unspecified atom stereocenters. The molecule has 5 nitrogen and oxygen atoms in total. The zero-order valence-corrected chi connectivity index (χ0v) is 12.6. The molecule has 3 rings (SSSR count). The standard InChI is InChI=1S/C18H17NO4/c20-16-10-4-2-8-14(16)18(22)23-12-17(21)19-11-5-7-13-6-1-3-9-15(13)19/h1-4,6,8-10,20H,5,7,11-12H2. The molecule has 2 aromatic rings. The van der Waals surface area contributed by atoms with Gasteiger partial charge in [0.05, 0.1) is 0 Å². The molecule has 5 heteroatoms. The molecule has 1 aliphatic heterocycles.